The molecule has 0 aliphatic heterocycles. The zero-order chi connectivity index (χ0) is 22.1. The van der Waals surface area contributed by atoms with Crippen LogP contribution in [0.1, 0.15) is 65.3 Å². The second kappa shape index (κ2) is 8.64. The molecule has 3 rings (SSSR count). The highest BCUT2D eigenvalue weighted by molar-refractivity contribution is 6.31. The Hall–Kier alpha value is -2.60. The number of pyridine rings is 1. The first-order chi connectivity index (χ1) is 14.2. The van der Waals surface area contributed by atoms with Crippen LogP contribution >= 0.6 is 11.6 Å². The lowest BCUT2D eigenvalue weighted by Crippen LogP contribution is -2.44. The van der Waals surface area contributed by atoms with Gasteiger partial charge in [0.15, 0.2) is 0 Å². The van der Waals surface area contributed by atoms with E-state index >= 15 is 0 Å². The van der Waals surface area contributed by atoms with Crippen molar-refractivity contribution < 1.29 is 9.59 Å². The van der Waals surface area contributed by atoms with E-state index < -0.39 is 0 Å². The summed E-state index contributed by atoms with van der Waals surface area (Å²) in [5.41, 5.74) is 3.35. The fraction of sp³-hybridized carbons (Fsp3) is 0.435. The molecule has 0 bridgehead atoms. The molecule has 1 aromatic heterocycles. The summed E-state index contributed by atoms with van der Waals surface area (Å²) in [6, 6.07) is 5.21. The molecule has 1 heterocycles. The van der Waals surface area contributed by atoms with E-state index in [4.69, 9.17) is 11.6 Å². The molecular formula is C23H28ClN3O3. The Labute approximate surface area is 181 Å². The van der Waals surface area contributed by atoms with E-state index in [1.807, 2.05) is 26.8 Å². The fourth-order valence-electron chi connectivity index (χ4n) is 4.37. The van der Waals surface area contributed by atoms with Gasteiger partial charge in [0.1, 0.15) is 0 Å². The number of anilines is 1. The van der Waals surface area contributed by atoms with Crippen molar-refractivity contribution in [2.45, 2.75) is 65.5 Å². The van der Waals surface area contributed by atoms with E-state index in [-0.39, 0.29) is 23.6 Å². The van der Waals surface area contributed by atoms with Gasteiger partial charge in [-0.25, -0.2) is 0 Å². The largest absolute Gasteiger partial charge is 0.348 e. The van der Waals surface area contributed by atoms with Crippen LogP contribution in [0.15, 0.2) is 23.0 Å². The van der Waals surface area contributed by atoms with Crippen LogP contribution in [0.5, 0.6) is 0 Å². The van der Waals surface area contributed by atoms with Gasteiger partial charge < -0.3 is 15.2 Å². The summed E-state index contributed by atoms with van der Waals surface area (Å²) in [5.74, 6) is -0.335. The molecule has 1 aliphatic rings. The van der Waals surface area contributed by atoms with Crippen molar-refractivity contribution in [1.29, 1.82) is 0 Å². The third-order valence-corrected chi connectivity index (χ3v) is 6.35. The lowest BCUT2D eigenvalue weighted by molar-refractivity contribution is -0.108. The van der Waals surface area contributed by atoms with E-state index in [2.05, 4.69) is 17.2 Å². The maximum absolute atomic E-state index is 13.0. The highest BCUT2D eigenvalue weighted by Crippen LogP contribution is 2.39. The molecule has 160 valence electrons. The van der Waals surface area contributed by atoms with Crippen molar-refractivity contribution in [3.63, 3.8) is 0 Å². The Morgan fingerprint density at radius 1 is 1.23 bits per heavy atom. The number of hydrogen-bond donors (Lipinski definition) is 2. The number of halogens is 1. The van der Waals surface area contributed by atoms with Gasteiger partial charge in [-0.15, -0.1) is 0 Å². The standard InChI is InChI=1S/C23H28ClN3O3/c1-14-9-15(2)26-22(30)19(14)12-25-21(29)18-10-17(24)11-20(16(18)3)27(13-28)23(4)7-5-6-8-23/h9-11,13H,5-8,12H2,1-4H3,(H,25,29)(H,26,30). The maximum Gasteiger partial charge on any atom is 0.253 e. The molecule has 6 nitrogen and oxygen atoms in total. The number of amides is 2. The van der Waals surface area contributed by atoms with Crippen molar-refractivity contribution in [2.24, 2.45) is 0 Å². The van der Waals surface area contributed by atoms with Crippen molar-refractivity contribution in [3.05, 3.63) is 61.5 Å². The highest BCUT2D eigenvalue weighted by atomic mass is 35.5. The molecule has 1 aliphatic carbocycles. The van der Waals surface area contributed by atoms with E-state index in [0.29, 0.717) is 27.4 Å². The van der Waals surface area contributed by atoms with E-state index in [9.17, 15) is 14.4 Å². The molecule has 0 saturated heterocycles. The summed E-state index contributed by atoms with van der Waals surface area (Å²) < 4.78 is 0. The number of aromatic amines is 1. The van der Waals surface area contributed by atoms with Gasteiger partial charge in [0.2, 0.25) is 6.41 Å². The minimum atomic E-state index is -0.335. The second-order valence-electron chi connectivity index (χ2n) is 8.40. The Morgan fingerprint density at radius 3 is 2.50 bits per heavy atom. The van der Waals surface area contributed by atoms with E-state index in [1.54, 1.807) is 17.0 Å². The van der Waals surface area contributed by atoms with Crippen LogP contribution in [0.3, 0.4) is 0 Å². The number of carbonyl (C=O) groups excluding carboxylic acids is 2. The van der Waals surface area contributed by atoms with Gasteiger partial charge in [-0.1, -0.05) is 24.4 Å². The molecule has 2 amide bonds. The third-order valence-electron chi connectivity index (χ3n) is 6.14. The molecule has 0 radical (unpaired) electrons. The van der Waals surface area contributed by atoms with Gasteiger partial charge >= 0.3 is 0 Å². The molecule has 1 fully saturated rings. The van der Waals surface area contributed by atoms with Crippen molar-refractivity contribution in [1.82, 2.24) is 10.3 Å². The van der Waals surface area contributed by atoms with Gasteiger partial charge in [0.25, 0.3) is 11.5 Å². The number of H-pyrrole nitrogens is 1. The Morgan fingerprint density at radius 2 is 1.90 bits per heavy atom. The summed E-state index contributed by atoms with van der Waals surface area (Å²) in [6.07, 6.45) is 4.79. The average Bonchev–Trinajstić information content (AvgIpc) is 3.10. The summed E-state index contributed by atoms with van der Waals surface area (Å²) in [6.45, 7) is 7.66. The average molecular weight is 430 g/mol. The van der Waals surface area contributed by atoms with Crippen LogP contribution in [0.2, 0.25) is 5.02 Å². The molecule has 1 saturated carbocycles. The summed E-state index contributed by atoms with van der Waals surface area (Å²) in [7, 11) is 0. The lowest BCUT2D eigenvalue weighted by atomic mass is 9.95. The van der Waals surface area contributed by atoms with Gasteiger partial charge in [-0.05, 0) is 69.9 Å². The smallest absolute Gasteiger partial charge is 0.253 e. The predicted molar refractivity (Wildman–Crippen MR) is 119 cm³/mol. The zero-order valence-corrected chi connectivity index (χ0v) is 18.7. The minimum absolute atomic E-state index is 0.108. The highest BCUT2D eigenvalue weighted by Gasteiger charge is 2.36. The second-order valence-corrected chi connectivity index (χ2v) is 8.84. The first kappa shape index (κ1) is 22.1. The van der Waals surface area contributed by atoms with Crippen molar-refractivity contribution in [3.8, 4) is 0 Å². The Kier molecular flexibility index (Phi) is 6.36. The lowest BCUT2D eigenvalue weighted by Gasteiger charge is -2.37. The van der Waals surface area contributed by atoms with Gasteiger partial charge in [-0.3, -0.25) is 14.4 Å². The van der Waals surface area contributed by atoms with Gasteiger partial charge in [-0.2, -0.15) is 0 Å². The number of rotatable bonds is 6. The maximum atomic E-state index is 13.0. The SMILES string of the molecule is Cc1cc(C)c(CNC(=O)c2cc(Cl)cc(N(C=O)C3(C)CCCC3)c2C)c(=O)[nH]1. The first-order valence-corrected chi connectivity index (χ1v) is 10.6. The molecule has 0 unspecified atom stereocenters. The Balaban J connectivity index is 1.90. The first-order valence-electron chi connectivity index (χ1n) is 10.2. The predicted octanol–water partition coefficient (Wildman–Crippen LogP) is 4.18. The van der Waals surface area contributed by atoms with Crippen LogP contribution in [0, 0.1) is 20.8 Å². The molecule has 2 aromatic rings. The summed E-state index contributed by atoms with van der Waals surface area (Å²) >= 11 is 6.33. The van der Waals surface area contributed by atoms with Crippen LogP contribution in [-0.2, 0) is 11.3 Å². The van der Waals surface area contributed by atoms with Crippen LogP contribution in [0.25, 0.3) is 0 Å². The van der Waals surface area contributed by atoms with Crippen LogP contribution in [-0.4, -0.2) is 22.8 Å². The number of carbonyl (C=O) groups is 2. The fourth-order valence-corrected chi connectivity index (χ4v) is 4.58. The molecule has 0 atom stereocenters. The molecule has 1 aromatic carbocycles. The topological polar surface area (TPSA) is 82.3 Å². The number of hydrogen-bond acceptors (Lipinski definition) is 3. The molecule has 0 spiro atoms. The van der Waals surface area contributed by atoms with Crippen molar-refractivity contribution >= 4 is 29.6 Å². The molecule has 2 N–H and O–H groups in total. The number of benzene rings is 1. The summed E-state index contributed by atoms with van der Waals surface area (Å²) in [5, 5.41) is 3.21. The zero-order valence-electron chi connectivity index (χ0n) is 17.9. The van der Waals surface area contributed by atoms with Gasteiger partial charge in [0.05, 0.1) is 0 Å². The summed E-state index contributed by atoms with van der Waals surface area (Å²) in [4.78, 5) is 41.7. The molecule has 7 heteroatoms. The number of nitrogens with zero attached hydrogens (tertiary/aromatic N) is 1. The number of nitrogens with one attached hydrogen (secondary N) is 2. The van der Waals surface area contributed by atoms with Crippen LogP contribution < -0.4 is 15.8 Å². The van der Waals surface area contributed by atoms with E-state index in [1.165, 1.54) is 0 Å². The minimum Gasteiger partial charge on any atom is -0.348 e. The van der Waals surface area contributed by atoms with Crippen molar-refractivity contribution in [2.75, 3.05) is 4.90 Å². The van der Waals surface area contributed by atoms with Gasteiger partial charge in [0, 0.05) is 39.6 Å². The third kappa shape index (κ3) is 4.29. The monoisotopic (exact) mass is 429 g/mol. The molecule has 30 heavy (non-hydrogen) atoms. The Bertz CT molecular complexity index is 1040. The van der Waals surface area contributed by atoms with E-state index in [0.717, 1.165) is 43.4 Å². The number of aromatic nitrogens is 1. The normalized spacial score (nSPS) is 15.1. The quantitative estimate of drug-likeness (QED) is 0.676. The molecular weight excluding hydrogens is 402 g/mol. The number of aryl methyl sites for hydroxylation is 2. The van der Waals surface area contributed by atoms with Crippen LogP contribution in [0.4, 0.5) is 5.69 Å².